The first-order chi connectivity index (χ1) is 7.38. The maximum Gasteiger partial charge on any atom is 0.243 e. The van der Waals surface area contributed by atoms with Gasteiger partial charge >= 0.3 is 0 Å². The van der Waals surface area contributed by atoms with Crippen LogP contribution in [0.3, 0.4) is 0 Å². The fraction of sp³-hybridized carbons (Fsp3) is 0.600. The summed E-state index contributed by atoms with van der Waals surface area (Å²) in [5, 5.41) is 9.64. The van der Waals surface area contributed by atoms with Crippen LogP contribution >= 0.6 is 11.3 Å². The second-order valence-corrected chi connectivity index (χ2v) is 4.86. The van der Waals surface area contributed by atoms with Gasteiger partial charge in [-0.15, -0.1) is 16.4 Å². The van der Waals surface area contributed by atoms with Crippen LogP contribution in [0.25, 0.3) is 4.96 Å². The predicted molar refractivity (Wildman–Crippen MR) is 61.6 cm³/mol. The summed E-state index contributed by atoms with van der Waals surface area (Å²) < 4.78 is 2.01. The Labute approximate surface area is 92.3 Å². The summed E-state index contributed by atoms with van der Waals surface area (Å²) in [5.74, 6) is 1.42. The molecule has 4 nitrogen and oxygen atoms in total. The summed E-state index contributed by atoms with van der Waals surface area (Å²) in [5.41, 5.74) is 1.35. The van der Waals surface area contributed by atoms with Crippen molar-refractivity contribution in [2.24, 2.45) is 0 Å². The van der Waals surface area contributed by atoms with Gasteiger partial charge in [0.25, 0.3) is 0 Å². The zero-order valence-electron chi connectivity index (χ0n) is 8.73. The molecule has 15 heavy (non-hydrogen) atoms. The van der Waals surface area contributed by atoms with Gasteiger partial charge in [0, 0.05) is 18.3 Å². The Kier molecular flexibility index (Phi) is 2.12. The molecule has 2 heterocycles. The summed E-state index contributed by atoms with van der Waals surface area (Å²) in [4.78, 5) is 5.38. The van der Waals surface area contributed by atoms with Gasteiger partial charge in [-0.05, 0) is 12.8 Å². The predicted octanol–water partition coefficient (Wildman–Crippen LogP) is 2.49. The fourth-order valence-electron chi connectivity index (χ4n) is 2.30. The van der Waals surface area contributed by atoms with E-state index in [-0.39, 0.29) is 0 Å². The minimum Gasteiger partial charge on any atom is -0.356 e. The lowest BCUT2D eigenvalue weighted by Crippen LogP contribution is -1.99. The van der Waals surface area contributed by atoms with Crippen molar-refractivity contribution >= 4 is 22.2 Å². The van der Waals surface area contributed by atoms with E-state index in [4.69, 9.17) is 0 Å². The first-order valence-corrected chi connectivity index (χ1v) is 6.28. The third-order valence-corrected chi connectivity index (χ3v) is 3.94. The Morgan fingerprint density at radius 3 is 3.00 bits per heavy atom. The maximum absolute atomic E-state index is 4.44. The first-order valence-electron chi connectivity index (χ1n) is 5.40. The van der Waals surface area contributed by atoms with Crippen molar-refractivity contribution in [3.05, 3.63) is 11.1 Å². The Morgan fingerprint density at radius 2 is 2.27 bits per heavy atom. The van der Waals surface area contributed by atoms with Crippen LogP contribution in [0.1, 0.15) is 37.3 Å². The number of aromatic nitrogens is 3. The van der Waals surface area contributed by atoms with Crippen LogP contribution in [0, 0.1) is 0 Å². The Balaban J connectivity index is 2.05. The van der Waals surface area contributed by atoms with Gasteiger partial charge in [-0.2, -0.15) is 4.98 Å². The van der Waals surface area contributed by atoms with E-state index in [0.29, 0.717) is 5.92 Å². The first kappa shape index (κ1) is 9.15. The molecule has 0 atom stereocenters. The molecule has 1 aliphatic carbocycles. The van der Waals surface area contributed by atoms with E-state index < -0.39 is 0 Å². The maximum atomic E-state index is 4.44. The molecule has 1 saturated carbocycles. The second-order valence-electron chi connectivity index (χ2n) is 4.02. The van der Waals surface area contributed by atoms with Crippen molar-refractivity contribution < 1.29 is 0 Å². The van der Waals surface area contributed by atoms with Gasteiger partial charge in [0.05, 0.1) is 5.69 Å². The molecule has 0 bridgehead atoms. The molecule has 80 valence electrons. The van der Waals surface area contributed by atoms with Crippen LogP contribution in [0.2, 0.25) is 0 Å². The van der Waals surface area contributed by atoms with Gasteiger partial charge in [-0.1, -0.05) is 12.8 Å². The monoisotopic (exact) mass is 222 g/mol. The zero-order valence-corrected chi connectivity index (χ0v) is 9.55. The number of nitrogens with zero attached hydrogens (tertiary/aromatic N) is 3. The molecule has 0 radical (unpaired) electrons. The molecule has 1 N–H and O–H groups in total. The SMILES string of the molecule is CNc1nc2scc(C3CCCC3)n2n1. The quantitative estimate of drug-likeness (QED) is 0.848. The van der Waals surface area contributed by atoms with Crippen LogP contribution in [-0.2, 0) is 0 Å². The van der Waals surface area contributed by atoms with Gasteiger partial charge in [0.2, 0.25) is 10.9 Å². The van der Waals surface area contributed by atoms with Crippen molar-refractivity contribution in [2.45, 2.75) is 31.6 Å². The zero-order chi connectivity index (χ0) is 10.3. The van der Waals surface area contributed by atoms with Gasteiger partial charge in [-0.3, -0.25) is 0 Å². The number of anilines is 1. The van der Waals surface area contributed by atoms with E-state index in [9.17, 15) is 0 Å². The lowest BCUT2D eigenvalue weighted by Gasteiger charge is -2.05. The van der Waals surface area contributed by atoms with Crippen LogP contribution in [0.15, 0.2) is 5.38 Å². The third-order valence-electron chi connectivity index (χ3n) is 3.10. The number of hydrogen-bond donors (Lipinski definition) is 1. The Hall–Kier alpha value is -1.10. The van der Waals surface area contributed by atoms with E-state index in [1.165, 1.54) is 31.4 Å². The summed E-state index contributed by atoms with van der Waals surface area (Å²) in [6, 6.07) is 0. The number of thiazole rings is 1. The Bertz CT molecular complexity index is 467. The van der Waals surface area contributed by atoms with Gasteiger partial charge < -0.3 is 5.32 Å². The molecule has 5 heteroatoms. The van der Waals surface area contributed by atoms with Crippen molar-refractivity contribution in [3.63, 3.8) is 0 Å². The van der Waals surface area contributed by atoms with Gasteiger partial charge in [0.15, 0.2) is 0 Å². The smallest absolute Gasteiger partial charge is 0.243 e. The van der Waals surface area contributed by atoms with Gasteiger partial charge in [-0.25, -0.2) is 4.52 Å². The minimum atomic E-state index is 0.699. The van der Waals surface area contributed by atoms with Crippen LogP contribution in [0.4, 0.5) is 5.95 Å². The van der Waals surface area contributed by atoms with Crippen LogP contribution in [-0.4, -0.2) is 21.6 Å². The van der Waals surface area contributed by atoms with Crippen molar-refractivity contribution in [1.29, 1.82) is 0 Å². The van der Waals surface area contributed by atoms with Crippen molar-refractivity contribution in [1.82, 2.24) is 14.6 Å². The van der Waals surface area contributed by atoms with Gasteiger partial charge in [0.1, 0.15) is 0 Å². The minimum absolute atomic E-state index is 0.699. The summed E-state index contributed by atoms with van der Waals surface area (Å²) in [7, 11) is 1.86. The highest BCUT2D eigenvalue weighted by molar-refractivity contribution is 7.15. The standard InChI is InChI=1S/C10H14N4S/c1-11-9-12-10-14(13-9)8(6-15-10)7-4-2-3-5-7/h6-7H,2-5H2,1H3,(H,11,13). The van der Waals surface area contributed by atoms with Crippen molar-refractivity contribution in [3.8, 4) is 0 Å². The highest BCUT2D eigenvalue weighted by Gasteiger charge is 2.21. The topological polar surface area (TPSA) is 42.2 Å². The summed E-state index contributed by atoms with van der Waals surface area (Å²) >= 11 is 1.69. The molecule has 3 rings (SSSR count). The van der Waals surface area contributed by atoms with E-state index in [1.807, 2.05) is 11.6 Å². The lowest BCUT2D eigenvalue weighted by molar-refractivity contribution is 0.672. The summed E-state index contributed by atoms with van der Waals surface area (Å²) in [6.07, 6.45) is 5.33. The molecule has 2 aromatic heterocycles. The molecular weight excluding hydrogens is 208 g/mol. The molecule has 0 amide bonds. The fourth-order valence-corrected chi connectivity index (χ4v) is 3.21. The normalized spacial score (nSPS) is 17.7. The molecule has 0 aromatic carbocycles. The number of hydrogen-bond acceptors (Lipinski definition) is 4. The number of fused-ring (bicyclic) bond motifs is 1. The van der Waals surface area contributed by atoms with Crippen LogP contribution < -0.4 is 5.32 Å². The second kappa shape index (κ2) is 3.48. The molecule has 0 saturated heterocycles. The highest BCUT2D eigenvalue weighted by Crippen LogP contribution is 2.35. The van der Waals surface area contributed by atoms with Crippen molar-refractivity contribution in [2.75, 3.05) is 12.4 Å². The molecule has 0 spiro atoms. The van der Waals surface area contributed by atoms with E-state index in [2.05, 4.69) is 20.8 Å². The average Bonchev–Trinajstić information content (AvgIpc) is 2.92. The molecule has 0 unspecified atom stereocenters. The van der Waals surface area contributed by atoms with E-state index in [0.717, 1.165) is 10.9 Å². The molecule has 1 fully saturated rings. The average molecular weight is 222 g/mol. The molecule has 1 aliphatic rings. The Morgan fingerprint density at radius 1 is 1.47 bits per heavy atom. The van der Waals surface area contributed by atoms with Crippen LogP contribution in [0.5, 0.6) is 0 Å². The molecule has 0 aliphatic heterocycles. The summed E-state index contributed by atoms with van der Waals surface area (Å²) in [6.45, 7) is 0. The highest BCUT2D eigenvalue weighted by atomic mass is 32.1. The molecular formula is C10H14N4S. The molecule has 2 aromatic rings. The third kappa shape index (κ3) is 1.42. The lowest BCUT2D eigenvalue weighted by atomic mass is 10.1. The number of rotatable bonds is 2. The largest absolute Gasteiger partial charge is 0.356 e. The van der Waals surface area contributed by atoms with E-state index >= 15 is 0 Å². The number of nitrogens with one attached hydrogen (secondary N) is 1. The van der Waals surface area contributed by atoms with E-state index in [1.54, 1.807) is 11.3 Å².